The first-order valence-corrected chi connectivity index (χ1v) is 7.62. The number of rotatable bonds is 7. The summed E-state index contributed by atoms with van der Waals surface area (Å²) in [5.41, 5.74) is 0. The van der Waals surface area contributed by atoms with Crippen LogP contribution in [0.25, 0.3) is 0 Å². The highest BCUT2D eigenvalue weighted by Gasteiger charge is 2.18. The molecule has 0 aromatic carbocycles. The van der Waals surface area contributed by atoms with E-state index in [1.807, 2.05) is 11.5 Å². The number of aromatic nitrogens is 2. The lowest BCUT2D eigenvalue weighted by atomic mass is 10.5. The van der Waals surface area contributed by atoms with E-state index in [1.54, 1.807) is 13.1 Å². The summed E-state index contributed by atoms with van der Waals surface area (Å²) in [4.78, 5) is 4.06. The maximum atomic E-state index is 11.8. The summed E-state index contributed by atoms with van der Waals surface area (Å²) in [5.74, 6) is 1.15. The van der Waals surface area contributed by atoms with Gasteiger partial charge >= 0.3 is 0 Å². The molecule has 1 N–H and O–H groups in total. The van der Waals surface area contributed by atoms with Gasteiger partial charge in [0, 0.05) is 25.2 Å². The summed E-state index contributed by atoms with van der Waals surface area (Å²) in [6, 6.07) is 0. The van der Waals surface area contributed by atoms with Crippen LogP contribution >= 0.6 is 11.6 Å². The number of aryl methyl sites for hydroxylation is 2. The van der Waals surface area contributed by atoms with Crippen LogP contribution in [0.4, 0.5) is 0 Å². The molecule has 0 aliphatic heterocycles. The number of nitrogens with zero attached hydrogens (tertiary/aromatic N) is 2. The lowest BCUT2D eigenvalue weighted by Gasteiger charge is -2.02. The van der Waals surface area contributed by atoms with Crippen LogP contribution in [0.1, 0.15) is 25.6 Å². The van der Waals surface area contributed by atoms with Crippen molar-refractivity contribution < 1.29 is 8.42 Å². The lowest BCUT2D eigenvalue weighted by molar-refractivity contribution is 0.577. The van der Waals surface area contributed by atoms with Crippen molar-refractivity contribution >= 4 is 21.6 Å². The average Bonchev–Trinajstić information content (AvgIpc) is 2.62. The van der Waals surface area contributed by atoms with E-state index in [2.05, 4.69) is 9.71 Å². The molecule has 0 saturated heterocycles. The van der Waals surface area contributed by atoms with Crippen molar-refractivity contribution in [1.29, 1.82) is 0 Å². The SMILES string of the molecule is CCCn1cc(S(=O)(=O)NCCCCl)nc1C. The molecule has 0 aliphatic rings. The Bertz CT molecular complexity index is 456. The van der Waals surface area contributed by atoms with Gasteiger partial charge in [-0.1, -0.05) is 6.92 Å². The molecule has 1 aromatic rings. The first-order chi connectivity index (χ1) is 8.01. The van der Waals surface area contributed by atoms with Gasteiger partial charge in [-0.25, -0.2) is 18.1 Å². The van der Waals surface area contributed by atoms with E-state index in [4.69, 9.17) is 11.6 Å². The van der Waals surface area contributed by atoms with Gasteiger partial charge in [0.2, 0.25) is 0 Å². The van der Waals surface area contributed by atoms with Crippen molar-refractivity contribution in [2.45, 2.75) is 38.3 Å². The summed E-state index contributed by atoms with van der Waals surface area (Å²) in [6.07, 6.45) is 3.12. The zero-order valence-electron chi connectivity index (χ0n) is 10.1. The molecule has 98 valence electrons. The summed E-state index contributed by atoms with van der Waals surface area (Å²) in [6.45, 7) is 4.95. The Morgan fingerprint density at radius 3 is 2.82 bits per heavy atom. The van der Waals surface area contributed by atoms with Gasteiger partial charge < -0.3 is 4.57 Å². The standard InChI is InChI=1S/C10H18ClN3O2S/c1-3-7-14-8-10(13-9(14)2)17(15,16)12-6-4-5-11/h8,12H,3-7H2,1-2H3. The molecular weight excluding hydrogens is 262 g/mol. The monoisotopic (exact) mass is 279 g/mol. The number of hydrogen-bond acceptors (Lipinski definition) is 3. The molecule has 0 saturated carbocycles. The van der Waals surface area contributed by atoms with Gasteiger partial charge in [0.1, 0.15) is 5.82 Å². The maximum absolute atomic E-state index is 11.8. The Morgan fingerprint density at radius 1 is 1.53 bits per heavy atom. The second-order valence-corrected chi connectivity index (χ2v) is 5.85. The number of nitrogens with one attached hydrogen (secondary N) is 1. The third-order valence-corrected chi connectivity index (χ3v) is 3.90. The van der Waals surface area contributed by atoms with E-state index in [1.165, 1.54) is 0 Å². The summed E-state index contributed by atoms with van der Waals surface area (Å²) < 4.78 is 28.0. The predicted octanol–water partition coefficient (Wildman–Crippen LogP) is 1.51. The zero-order chi connectivity index (χ0) is 12.9. The highest BCUT2D eigenvalue weighted by molar-refractivity contribution is 7.89. The third kappa shape index (κ3) is 3.97. The van der Waals surface area contributed by atoms with E-state index in [0.717, 1.165) is 13.0 Å². The highest BCUT2D eigenvalue weighted by Crippen LogP contribution is 2.09. The Kier molecular flexibility index (Phi) is 5.42. The molecular formula is C10H18ClN3O2S. The van der Waals surface area contributed by atoms with Crippen LogP contribution < -0.4 is 4.72 Å². The Labute approximate surface area is 107 Å². The van der Waals surface area contributed by atoms with Gasteiger partial charge in [-0.05, 0) is 19.8 Å². The van der Waals surface area contributed by atoms with Crippen LogP contribution in [0.2, 0.25) is 0 Å². The molecule has 0 fully saturated rings. The number of halogens is 1. The van der Waals surface area contributed by atoms with Gasteiger partial charge in [0.25, 0.3) is 10.0 Å². The molecule has 0 aliphatic carbocycles. The van der Waals surface area contributed by atoms with E-state index < -0.39 is 10.0 Å². The summed E-state index contributed by atoms with van der Waals surface area (Å²) >= 11 is 5.49. The highest BCUT2D eigenvalue weighted by atomic mass is 35.5. The molecule has 0 bridgehead atoms. The van der Waals surface area contributed by atoms with Crippen LogP contribution in [0.15, 0.2) is 11.2 Å². The molecule has 5 nitrogen and oxygen atoms in total. The normalized spacial score (nSPS) is 11.9. The number of hydrogen-bond donors (Lipinski definition) is 1. The summed E-state index contributed by atoms with van der Waals surface area (Å²) in [5, 5.41) is 0.0815. The van der Waals surface area contributed by atoms with Crippen LogP contribution in [0.3, 0.4) is 0 Å². The zero-order valence-corrected chi connectivity index (χ0v) is 11.7. The van der Waals surface area contributed by atoms with Crippen molar-refractivity contribution in [2.75, 3.05) is 12.4 Å². The van der Waals surface area contributed by atoms with Crippen molar-refractivity contribution in [2.24, 2.45) is 0 Å². The van der Waals surface area contributed by atoms with Crippen LogP contribution in [-0.4, -0.2) is 30.4 Å². The predicted molar refractivity (Wildman–Crippen MR) is 67.8 cm³/mol. The van der Waals surface area contributed by atoms with Crippen molar-refractivity contribution in [3.05, 3.63) is 12.0 Å². The minimum Gasteiger partial charge on any atom is -0.334 e. The number of alkyl halides is 1. The molecule has 1 rings (SSSR count). The topological polar surface area (TPSA) is 64.0 Å². The van der Waals surface area contributed by atoms with Gasteiger partial charge in [-0.15, -0.1) is 11.6 Å². The first-order valence-electron chi connectivity index (χ1n) is 5.60. The van der Waals surface area contributed by atoms with E-state index in [-0.39, 0.29) is 5.03 Å². The fraction of sp³-hybridized carbons (Fsp3) is 0.700. The second-order valence-electron chi connectivity index (χ2n) is 3.76. The minimum absolute atomic E-state index is 0.0815. The van der Waals surface area contributed by atoms with E-state index >= 15 is 0 Å². The molecule has 7 heteroatoms. The van der Waals surface area contributed by atoms with Crippen molar-refractivity contribution in [1.82, 2.24) is 14.3 Å². The molecule has 1 aromatic heterocycles. The number of imidazole rings is 1. The first kappa shape index (κ1) is 14.5. The van der Waals surface area contributed by atoms with Crippen LogP contribution in [0, 0.1) is 6.92 Å². The molecule has 0 radical (unpaired) electrons. The van der Waals surface area contributed by atoms with E-state index in [0.29, 0.717) is 24.7 Å². The number of sulfonamides is 1. The molecule has 0 unspecified atom stereocenters. The minimum atomic E-state index is -3.49. The Balaban J connectivity index is 2.80. The molecule has 0 spiro atoms. The van der Waals surface area contributed by atoms with E-state index in [9.17, 15) is 8.42 Å². The second kappa shape index (κ2) is 6.37. The van der Waals surface area contributed by atoms with Crippen LogP contribution in [0.5, 0.6) is 0 Å². The van der Waals surface area contributed by atoms with Crippen molar-refractivity contribution in [3.63, 3.8) is 0 Å². The quantitative estimate of drug-likeness (QED) is 0.608. The van der Waals surface area contributed by atoms with Gasteiger partial charge in [0.15, 0.2) is 5.03 Å². The molecule has 1 heterocycles. The Morgan fingerprint density at radius 2 is 2.24 bits per heavy atom. The van der Waals surface area contributed by atoms with Gasteiger partial charge in [0.05, 0.1) is 0 Å². The lowest BCUT2D eigenvalue weighted by Crippen LogP contribution is -2.25. The maximum Gasteiger partial charge on any atom is 0.259 e. The molecule has 0 amide bonds. The fourth-order valence-corrected chi connectivity index (χ4v) is 2.64. The summed E-state index contributed by atoms with van der Waals surface area (Å²) in [7, 11) is -3.49. The van der Waals surface area contributed by atoms with Gasteiger partial charge in [-0.2, -0.15) is 0 Å². The third-order valence-electron chi connectivity index (χ3n) is 2.30. The molecule has 0 atom stereocenters. The smallest absolute Gasteiger partial charge is 0.259 e. The van der Waals surface area contributed by atoms with Crippen molar-refractivity contribution in [3.8, 4) is 0 Å². The Hall–Kier alpha value is -0.590. The fourth-order valence-electron chi connectivity index (χ4n) is 1.42. The average molecular weight is 280 g/mol. The molecule has 17 heavy (non-hydrogen) atoms. The van der Waals surface area contributed by atoms with Crippen LogP contribution in [-0.2, 0) is 16.6 Å². The largest absolute Gasteiger partial charge is 0.334 e. The van der Waals surface area contributed by atoms with Gasteiger partial charge in [-0.3, -0.25) is 0 Å².